The Hall–Kier alpha value is -1.18. The summed E-state index contributed by atoms with van der Waals surface area (Å²) >= 11 is 5.57. The Morgan fingerprint density at radius 2 is 2.18 bits per heavy atom. The second-order valence-corrected chi connectivity index (χ2v) is 5.58. The molecule has 94 valence electrons. The molecule has 0 bridgehead atoms. The zero-order chi connectivity index (χ0) is 12.9. The lowest BCUT2D eigenvalue weighted by Crippen LogP contribution is -2.32. The van der Waals surface area contributed by atoms with E-state index in [1.165, 1.54) is 25.4 Å². The van der Waals surface area contributed by atoms with Gasteiger partial charge in [0.2, 0.25) is 10.0 Å². The molecule has 1 aromatic rings. The van der Waals surface area contributed by atoms with Crippen LogP contribution in [0.25, 0.3) is 0 Å². The molecule has 1 rings (SSSR count). The first-order chi connectivity index (χ1) is 7.94. The van der Waals surface area contributed by atoms with Crippen LogP contribution in [-0.4, -0.2) is 38.7 Å². The monoisotopic (exact) mass is 277 g/mol. The second-order valence-electron chi connectivity index (χ2n) is 3.15. The third-order valence-electron chi connectivity index (χ3n) is 1.96. The Labute approximate surface area is 104 Å². The number of nitrogens with one attached hydrogen (secondary N) is 2. The predicted molar refractivity (Wildman–Crippen MR) is 64.4 cm³/mol. The number of sulfonamides is 1. The molecule has 2 N–H and O–H groups in total. The Morgan fingerprint density at radius 1 is 1.47 bits per heavy atom. The molecule has 0 spiro atoms. The fraction of sp³-hybridized carbons (Fsp3) is 0.333. The summed E-state index contributed by atoms with van der Waals surface area (Å²) in [5, 5.41) is 2.76. The molecular formula is C9H12ClN3O3S. The van der Waals surface area contributed by atoms with Crippen LogP contribution in [0.5, 0.6) is 0 Å². The average molecular weight is 278 g/mol. The van der Waals surface area contributed by atoms with E-state index in [0.717, 1.165) is 0 Å². The third-order valence-corrected chi connectivity index (χ3v) is 3.54. The molecule has 1 aromatic heterocycles. The van der Waals surface area contributed by atoms with E-state index in [9.17, 15) is 13.2 Å². The van der Waals surface area contributed by atoms with Crippen molar-refractivity contribution in [3.8, 4) is 0 Å². The van der Waals surface area contributed by atoms with Crippen molar-refractivity contribution in [2.75, 3.05) is 19.3 Å². The summed E-state index contributed by atoms with van der Waals surface area (Å²) < 4.78 is 24.3. The molecule has 0 aliphatic rings. The maximum absolute atomic E-state index is 11.5. The second kappa shape index (κ2) is 5.95. The van der Waals surface area contributed by atoms with Crippen molar-refractivity contribution in [3.63, 3.8) is 0 Å². The quantitative estimate of drug-likeness (QED) is 0.743. The van der Waals surface area contributed by atoms with Gasteiger partial charge in [-0.3, -0.25) is 4.79 Å². The molecular weight excluding hydrogens is 266 g/mol. The van der Waals surface area contributed by atoms with Crippen LogP contribution in [-0.2, 0) is 10.0 Å². The van der Waals surface area contributed by atoms with E-state index in [1.807, 2.05) is 0 Å². The number of amides is 1. The van der Waals surface area contributed by atoms with Crippen LogP contribution in [0.1, 0.15) is 10.4 Å². The summed E-state index contributed by atoms with van der Waals surface area (Å²) in [6, 6.07) is 3.00. The minimum Gasteiger partial charge on any atom is -0.351 e. The first-order valence-electron chi connectivity index (χ1n) is 4.75. The fourth-order valence-corrected chi connectivity index (χ4v) is 1.70. The van der Waals surface area contributed by atoms with E-state index in [4.69, 9.17) is 11.6 Å². The molecule has 1 heterocycles. The lowest BCUT2D eigenvalue weighted by atomic mass is 10.3. The van der Waals surface area contributed by atoms with Crippen LogP contribution in [0.4, 0.5) is 0 Å². The Bertz CT molecular complexity index is 487. The van der Waals surface area contributed by atoms with E-state index >= 15 is 0 Å². The smallest absolute Gasteiger partial charge is 0.252 e. The van der Waals surface area contributed by atoms with Crippen molar-refractivity contribution < 1.29 is 13.2 Å². The minimum atomic E-state index is -3.31. The van der Waals surface area contributed by atoms with Gasteiger partial charge in [0.25, 0.3) is 5.91 Å². The van der Waals surface area contributed by atoms with Crippen LogP contribution in [0.15, 0.2) is 18.3 Å². The number of aromatic nitrogens is 1. The van der Waals surface area contributed by atoms with Gasteiger partial charge >= 0.3 is 0 Å². The van der Waals surface area contributed by atoms with Crippen LogP contribution in [0.3, 0.4) is 0 Å². The zero-order valence-electron chi connectivity index (χ0n) is 9.10. The maximum atomic E-state index is 11.5. The highest BCUT2D eigenvalue weighted by atomic mass is 35.5. The van der Waals surface area contributed by atoms with Crippen LogP contribution in [0.2, 0.25) is 5.15 Å². The summed E-state index contributed by atoms with van der Waals surface area (Å²) in [4.78, 5) is 15.3. The number of pyridine rings is 1. The Morgan fingerprint density at radius 3 is 2.71 bits per heavy atom. The van der Waals surface area contributed by atoms with E-state index in [2.05, 4.69) is 15.0 Å². The summed E-state index contributed by atoms with van der Waals surface area (Å²) in [6.07, 6.45) is 1.32. The van der Waals surface area contributed by atoms with E-state index in [-0.39, 0.29) is 18.2 Å². The lowest BCUT2D eigenvalue weighted by molar-refractivity contribution is 0.0956. The maximum Gasteiger partial charge on any atom is 0.252 e. The van der Waals surface area contributed by atoms with Crippen LogP contribution >= 0.6 is 11.6 Å². The molecule has 0 unspecified atom stereocenters. The molecule has 0 fully saturated rings. The number of rotatable bonds is 5. The molecule has 1 amide bonds. The summed E-state index contributed by atoms with van der Waals surface area (Å²) in [7, 11) is -1.99. The number of carbonyl (C=O) groups is 1. The van der Waals surface area contributed by atoms with Crippen molar-refractivity contribution in [3.05, 3.63) is 29.0 Å². The van der Waals surface area contributed by atoms with Gasteiger partial charge in [-0.25, -0.2) is 18.1 Å². The number of hydrogen-bond donors (Lipinski definition) is 2. The van der Waals surface area contributed by atoms with Gasteiger partial charge in [-0.2, -0.15) is 0 Å². The molecule has 0 aliphatic carbocycles. The summed E-state index contributed by atoms with van der Waals surface area (Å²) in [6.45, 7) is 0.0324. The summed E-state index contributed by atoms with van der Waals surface area (Å²) in [5.74, 6) is -0.559. The highest BCUT2D eigenvalue weighted by Gasteiger charge is 2.09. The predicted octanol–water partition coefficient (Wildman–Crippen LogP) is 0.0140. The highest BCUT2D eigenvalue weighted by molar-refractivity contribution is 7.89. The van der Waals surface area contributed by atoms with Crippen molar-refractivity contribution >= 4 is 27.5 Å². The largest absolute Gasteiger partial charge is 0.351 e. The van der Waals surface area contributed by atoms with Crippen molar-refractivity contribution in [1.82, 2.24) is 15.0 Å². The summed E-state index contributed by atoms with van der Waals surface area (Å²) in [5.41, 5.74) is 0.330. The number of carbonyl (C=O) groups excluding carboxylic acids is 1. The van der Waals surface area contributed by atoms with Gasteiger partial charge < -0.3 is 5.32 Å². The lowest BCUT2D eigenvalue weighted by Gasteiger charge is -2.05. The number of nitrogens with zero attached hydrogens (tertiary/aromatic N) is 1. The van der Waals surface area contributed by atoms with Crippen LogP contribution < -0.4 is 10.0 Å². The van der Waals surface area contributed by atoms with Gasteiger partial charge in [0.1, 0.15) is 5.15 Å². The van der Waals surface area contributed by atoms with Gasteiger partial charge in [0.05, 0.1) is 11.3 Å². The molecule has 17 heavy (non-hydrogen) atoms. The van der Waals surface area contributed by atoms with Crippen molar-refractivity contribution in [1.29, 1.82) is 0 Å². The molecule has 0 aliphatic heterocycles. The standard InChI is InChI=1S/C9H12ClN3O3S/c1-11-17(15,16)5-4-12-9(14)7-2-3-8(10)13-6-7/h2-3,6,11H,4-5H2,1H3,(H,12,14). The first-order valence-corrected chi connectivity index (χ1v) is 6.78. The average Bonchev–Trinajstić information content (AvgIpc) is 2.29. The molecule has 0 radical (unpaired) electrons. The van der Waals surface area contributed by atoms with Crippen molar-refractivity contribution in [2.45, 2.75) is 0 Å². The molecule has 6 nitrogen and oxygen atoms in total. The van der Waals surface area contributed by atoms with E-state index in [0.29, 0.717) is 10.7 Å². The topological polar surface area (TPSA) is 88.2 Å². The third kappa shape index (κ3) is 4.68. The van der Waals surface area contributed by atoms with Gasteiger partial charge in [0, 0.05) is 12.7 Å². The molecule has 0 saturated heterocycles. The molecule has 0 aromatic carbocycles. The number of halogens is 1. The number of hydrogen-bond acceptors (Lipinski definition) is 4. The van der Waals surface area contributed by atoms with E-state index in [1.54, 1.807) is 0 Å². The van der Waals surface area contributed by atoms with Gasteiger partial charge in [-0.15, -0.1) is 0 Å². The van der Waals surface area contributed by atoms with Crippen molar-refractivity contribution in [2.24, 2.45) is 0 Å². The van der Waals surface area contributed by atoms with Gasteiger partial charge in [-0.1, -0.05) is 11.6 Å². The van der Waals surface area contributed by atoms with Gasteiger partial charge in [-0.05, 0) is 19.2 Å². The molecule has 0 atom stereocenters. The Kier molecular flexibility index (Phi) is 4.86. The fourth-order valence-electron chi connectivity index (χ4n) is 1.01. The molecule has 0 saturated carbocycles. The highest BCUT2D eigenvalue weighted by Crippen LogP contribution is 2.04. The molecule has 8 heteroatoms. The normalized spacial score (nSPS) is 11.2. The SMILES string of the molecule is CNS(=O)(=O)CCNC(=O)c1ccc(Cl)nc1. The van der Waals surface area contributed by atoms with Crippen LogP contribution in [0, 0.1) is 0 Å². The van der Waals surface area contributed by atoms with E-state index < -0.39 is 10.0 Å². The zero-order valence-corrected chi connectivity index (χ0v) is 10.7. The first kappa shape index (κ1) is 13.9. The van der Waals surface area contributed by atoms with Gasteiger partial charge in [0.15, 0.2) is 0 Å². The minimum absolute atomic E-state index is 0.0324. The Balaban J connectivity index is 2.48.